The van der Waals surface area contributed by atoms with Crippen LogP contribution < -0.4 is 5.84 Å². The summed E-state index contributed by atoms with van der Waals surface area (Å²) in [6.07, 6.45) is 4.18. The Hall–Kier alpha value is -2.53. The fourth-order valence-corrected chi connectivity index (χ4v) is 2.70. The van der Waals surface area contributed by atoms with Crippen molar-refractivity contribution in [3.63, 3.8) is 0 Å². The van der Waals surface area contributed by atoms with E-state index in [1.54, 1.807) is 11.8 Å². The largest absolute Gasteiger partial charge is 0.335 e. The van der Waals surface area contributed by atoms with E-state index in [0.717, 1.165) is 11.3 Å². The topological polar surface area (TPSA) is 56.7 Å². The van der Waals surface area contributed by atoms with Gasteiger partial charge in [0.2, 0.25) is 5.16 Å². The van der Waals surface area contributed by atoms with Gasteiger partial charge in [-0.3, -0.25) is 0 Å². The molecule has 0 atom stereocenters. The monoisotopic (exact) mass is 308 g/mol. The summed E-state index contributed by atoms with van der Waals surface area (Å²) < 4.78 is 1.54. The lowest BCUT2D eigenvalue weighted by Gasteiger charge is -2.02. The van der Waals surface area contributed by atoms with Crippen LogP contribution in [0.3, 0.4) is 0 Å². The van der Waals surface area contributed by atoms with Crippen molar-refractivity contribution in [2.45, 2.75) is 5.16 Å². The van der Waals surface area contributed by atoms with Crippen LogP contribution in [0.4, 0.5) is 0 Å². The highest BCUT2D eigenvalue weighted by atomic mass is 32.2. The predicted octanol–water partition coefficient (Wildman–Crippen LogP) is 3.46. The molecule has 5 heteroatoms. The molecule has 0 spiro atoms. The van der Waals surface area contributed by atoms with Gasteiger partial charge >= 0.3 is 0 Å². The Morgan fingerprint density at radius 1 is 0.955 bits per heavy atom. The number of nitrogen functional groups attached to an aromatic ring is 1. The van der Waals surface area contributed by atoms with Gasteiger partial charge in [-0.15, -0.1) is 10.2 Å². The predicted molar refractivity (Wildman–Crippen MR) is 91.8 cm³/mol. The molecule has 4 nitrogen and oxygen atoms in total. The van der Waals surface area contributed by atoms with Crippen LogP contribution in [0, 0.1) is 0 Å². The Balaban J connectivity index is 1.65. The van der Waals surface area contributed by atoms with Gasteiger partial charge in [0.25, 0.3) is 0 Å². The van der Waals surface area contributed by atoms with Gasteiger partial charge in [-0.25, -0.2) is 4.68 Å². The SMILES string of the molecule is Nn1c(SC/C=C/c2ccccc2)nnc1-c1ccccc1. The molecule has 0 aliphatic rings. The normalized spacial score (nSPS) is 11.1. The van der Waals surface area contributed by atoms with Crippen LogP contribution in [0.15, 0.2) is 71.9 Å². The van der Waals surface area contributed by atoms with E-state index in [2.05, 4.69) is 34.5 Å². The zero-order valence-corrected chi connectivity index (χ0v) is 12.8. The highest BCUT2D eigenvalue weighted by Gasteiger charge is 2.10. The molecule has 0 bridgehead atoms. The zero-order valence-electron chi connectivity index (χ0n) is 12.0. The Morgan fingerprint density at radius 3 is 2.36 bits per heavy atom. The van der Waals surface area contributed by atoms with Crippen molar-refractivity contribution in [1.82, 2.24) is 14.9 Å². The molecule has 3 aromatic rings. The van der Waals surface area contributed by atoms with E-state index in [0.29, 0.717) is 11.0 Å². The summed E-state index contributed by atoms with van der Waals surface area (Å²) in [5.74, 6) is 7.54. The zero-order chi connectivity index (χ0) is 15.2. The Bertz CT molecular complexity index is 751. The lowest BCUT2D eigenvalue weighted by atomic mass is 10.2. The molecule has 0 amide bonds. The third kappa shape index (κ3) is 3.38. The van der Waals surface area contributed by atoms with E-state index in [-0.39, 0.29) is 0 Å². The van der Waals surface area contributed by atoms with Crippen LogP contribution in [-0.2, 0) is 0 Å². The van der Waals surface area contributed by atoms with Gasteiger partial charge in [-0.05, 0) is 5.56 Å². The van der Waals surface area contributed by atoms with Gasteiger partial charge in [0.1, 0.15) is 0 Å². The molecule has 22 heavy (non-hydrogen) atoms. The number of nitrogens with zero attached hydrogens (tertiary/aromatic N) is 3. The average molecular weight is 308 g/mol. The first-order valence-corrected chi connectivity index (χ1v) is 7.93. The van der Waals surface area contributed by atoms with Gasteiger partial charge in [0, 0.05) is 11.3 Å². The van der Waals surface area contributed by atoms with E-state index in [1.165, 1.54) is 10.2 Å². The number of hydrogen-bond donors (Lipinski definition) is 1. The van der Waals surface area contributed by atoms with Crippen molar-refractivity contribution in [3.8, 4) is 11.4 Å². The lowest BCUT2D eigenvalue weighted by Crippen LogP contribution is -2.11. The third-order valence-electron chi connectivity index (χ3n) is 3.12. The van der Waals surface area contributed by atoms with E-state index >= 15 is 0 Å². The molecule has 0 aliphatic carbocycles. The summed E-state index contributed by atoms with van der Waals surface area (Å²) in [5, 5.41) is 9.02. The van der Waals surface area contributed by atoms with Crippen LogP contribution in [0.5, 0.6) is 0 Å². The second-order valence-electron chi connectivity index (χ2n) is 4.67. The molecule has 0 aliphatic heterocycles. The molecular formula is C17H16N4S. The smallest absolute Gasteiger partial charge is 0.210 e. The number of thioether (sulfide) groups is 1. The van der Waals surface area contributed by atoms with Crippen LogP contribution in [0.25, 0.3) is 17.5 Å². The van der Waals surface area contributed by atoms with Crippen LogP contribution >= 0.6 is 11.8 Å². The van der Waals surface area contributed by atoms with E-state index < -0.39 is 0 Å². The molecule has 1 heterocycles. The first kappa shape index (κ1) is 14.4. The summed E-state index contributed by atoms with van der Waals surface area (Å²) in [7, 11) is 0. The Morgan fingerprint density at radius 2 is 1.64 bits per heavy atom. The van der Waals surface area contributed by atoms with E-state index in [4.69, 9.17) is 5.84 Å². The molecular weight excluding hydrogens is 292 g/mol. The second kappa shape index (κ2) is 6.95. The van der Waals surface area contributed by atoms with Crippen LogP contribution in [0.1, 0.15) is 5.56 Å². The first-order chi connectivity index (χ1) is 10.8. The maximum absolute atomic E-state index is 6.08. The molecule has 1 aromatic heterocycles. The van der Waals surface area contributed by atoms with Crippen molar-refractivity contribution in [2.24, 2.45) is 0 Å². The Kier molecular flexibility index (Phi) is 4.56. The minimum Gasteiger partial charge on any atom is -0.335 e. The fraction of sp³-hybridized carbons (Fsp3) is 0.0588. The van der Waals surface area contributed by atoms with Gasteiger partial charge < -0.3 is 5.84 Å². The molecule has 2 N–H and O–H groups in total. The molecule has 2 aromatic carbocycles. The number of rotatable bonds is 5. The molecule has 0 radical (unpaired) electrons. The third-order valence-corrected chi connectivity index (χ3v) is 4.01. The lowest BCUT2D eigenvalue weighted by molar-refractivity contribution is 0.851. The molecule has 0 saturated heterocycles. The van der Waals surface area contributed by atoms with Crippen LogP contribution in [0.2, 0.25) is 0 Å². The average Bonchev–Trinajstić information content (AvgIpc) is 2.94. The maximum Gasteiger partial charge on any atom is 0.210 e. The molecule has 110 valence electrons. The summed E-state index contributed by atoms with van der Waals surface area (Å²) in [6.45, 7) is 0. The van der Waals surface area contributed by atoms with Crippen molar-refractivity contribution in [1.29, 1.82) is 0 Å². The van der Waals surface area contributed by atoms with Crippen molar-refractivity contribution in [2.75, 3.05) is 11.6 Å². The number of nitrogens with two attached hydrogens (primary N) is 1. The van der Waals surface area contributed by atoms with Crippen molar-refractivity contribution >= 4 is 17.8 Å². The molecule has 0 fully saturated rings. The van der Waals surface area contributed by atoms with Gasteiger partial charge in [0.15, 0.2) is 5.82 Å². The summed E-state index contributed by atoms with van der Waals surface area (Å²) in [5.41, 5.74) is 2.14. The van der Waals surface area contributed by atoms with Crippen molar-refractivity contribution < 1.29 is 0 Å². The summed E-state index contributed by atoms with van der Waals surface area (Å²) >= 11 is 1.56. The molecule has 3 rings (SSSR count). The maximum atomic E-state index is 6.08. The highest BCUT2D eigenvalue weighted by Crippen LogP contribution is 2.21. The van der Waals surface area contributed by atoms with Crippen LogP contribution in [-0.4, -0.2) is 20.6 Å². The standard InChI is InChI=1S/C17H16N4S/c18-21-16(15-11-5-2-6-12-15)19-20-17(21)22-13-7-10-14-8-3-1-4-9-14/h1-12H,13,18H2/b10-7+. The Labute approximate surface area is 133 Å². The summed E-state index contributed by atoms with van der Waals surface area (Å²) in [6, 6.07) is 20.0. The van der Waals surface area contributed by atoms with Gasteiger partial charge in [-0.2, -0.15) is 0 Å². The number of benzene rings is 2. The number of hydrogen-bond acceptors (Lipinski definition) is 4. The van der Waals surface area contributed by atoms with Gasteiger partial charge in [-0.1, -0.05) is 84.6 Å². The first-order valence-electron chi connectivity index (χ1n) is 6.95. The number of aromatic nitrogens is 3. The van der Waals surface area contributed by atoms with Gasteiger partial charge in [0.05, 0.1) is 0 Å². The highest BCUT2D eigenvalue weighted by molar-refractivity contribution is 7.99. The molecule has 0 unspecified atom stereocenters. The van der Waals surface area contributed by atoms with Crippen molar-refractivity contribution in [3.05, 3.63) is 72.3 Å². The second-order valence-corrected chi connectivity index (χ2v) is 5.65. The van der Waals surface area contributed by atoms with E-state index in [9.17, 15) is 0 Å². The fourth-order valence-electron chi connectivity index (χ4n) is 2.03. The minimum atomic E-state index is 0.676. The molecule has 0 saturated carbocycles. The minimum absolute atomic E-state index is 0.676. The quantitative estimate of drug-likeness (QED) is 0.579. The van der Waals surface area contributed by atoms with E-state index in [1.807, 2.05) is 48.5 Å². The summed E-state index contributed by atoms with van der Waals surface area (Å²) in [4.78, 5) is 0.